The van der Waals surface area contributed by atoms with E-state index in [1.807, 2.05) is 24.4 Å². The Morgan fingerprint density at radius 1 is 1.11 bits per heavy atom. The molecule has 0 radical (unpaired) electrons. The first kappa shape index (κ1) is 17.6. The lowest BCUT2D eigenvalue weighted by Gasteiger charge is -2.33. The molecule has 1 aromatic carbocycles. The molecule has 0 atom stereocenters. The zero-order valence-corrected chi connectivity index (χ0v) is 14.8. The standard InChI is InChI=1S/C20H20F2N4O/c21-19(22)17-11-18(27)26(13-24-17)12-14-6-9-25(10-7-14)20-16-4-2-1-3-15(16)5-8-23-20/h1-5,8,11,13-14,19H,6-7,9-10,12H2. The third-order valence-electron chi connectivity index (χ3n) is 5.15. The average molecular weight is 370 g/mol. The van der Waals surface area contributed by atoms with Gasteiger partial charge in [-0.25, -0.2) is 18.7 Å². The van der Waals surface area contributed by atoms with Crippen molar-refractivity contribution in [2.45, 2.75) is 25.8 Å². The lowest BCUT2D eigenvalue weighted by Crippen LogP contribution is -2.37. The van der Waals surface area contributed by atoms with Gasteiger partial charge < -0.3 is 4.90 Å². The quantitative estimate of drug-likeness (QED) is 0.704. The minimum absolute atomic E-state index is 0.313. The molecule has 0 spiro atoms. The molecular weight excluding hydrogens is 350 g/mol. The first-order valence-corrected chi connectivity index (χ1v) is 9.05. The number of alkyl halides is 2. The highest BCUT2D eigenvalue weighted by Crippen LogP contribution is 2.28. The Morgan fingerprint density at radius 2 is 1.89 bits per heavy atom. The van der Waals surface area contributed by atoms with Gasteiger partial charge in [0.1, 0.15) is 11.5 Å². The summed E-state index contributed by atoms with van der Waals surface area (Å²) in [6.07, 6.45) is 2.17. The van der Waals surface area contributed by atoms with E-state index in [1.165, 1.54) is 16.3 Å². The molecule has 3 heterocycles. The monoisotopic (exact) mass is 370 g/mol. The number of rotatable bonds is 4. The lowest BCUT2D eigenvalue weighted by molar-refractivity contribution is 0.145. The Labute approximate surface area is 155 Å². The van der Waals surface area contributed by atoms with Crippen LogP contribution in [0.5, 0.6) is 0 Å². The lowest BCUT2D eigenvalue weighted by atomic mass is 9.96. The van der Waals surface area contributed by atoms with E-state index in [2.05, 4.69) is 27.0 Å². The van der Waals surface area contributed by atoms with E-state index in [0.717, 1.165) is 43.2 Å². The number of nitrogens with zero attached hydrogens (tertiary/aromatic N) is 4. The van der Waals surface area contributed by atoms with Crippen LogP contribution in [0.3, 0.4) is 0 Å². The highest BCUT2D eigenvalue weighted by molar-refractivity contribution is 5.92. The van der Waals surface area contributed by atoms with Crippen LogP contribution >= 0.6 is 0 Å². The summed E-state index contributed by atoms with van der Waals surface area (Å²) in [5, 5.41) is 2.31. The maximum absolute atomic E-state index is 12.6. The minimum atomic E-state index is -2.72. The molecule has 140 valence electrons. The highest BCUT2D eigenvalue weighted by Gasteiger charge is 2.22. The fourth-order valence-corrected chi connectivity index (χ4v) is 3.66. The Kier molecular flexibility index (Phi) is 4.83. The number of benzene rings is 1. The summed E-state index contributed by atoms with van der Waals surface area (Å²) in [5.41, 5.74) is -0.883. The van der Waals surface area contributed by atoms with E-state index in [0.29, 0.717) is 12.5 Å². The molecule has 0 amide bonds. The van der Waals surface area contributed by atoms with Gasteiger partial charge in [0, 0.05) is 37.3 Å². The van der Waals surface area contributed by atoms with Crippen molar-refractivity contribution in [2.24, 2.45) is 5.92 Å². The first-order valence-electron chi connectivity index (χ1n) is 9.05. The molecule has 1 aliphatic rings. The van der Waals surface area contributed by atoms with Gasteiger partial charge in [-0.2, -0.15) is 0 Å². The van der Waals surface area contributed by atoms with Crippen molar-refractivity contribution in [2.75, 3.05) is 18.0 Å². The van der Waals surface area contributed by atoms with Crippen molar-refractivity contribution in [3.63, 3.8) is 0 Å². The molecule has 5 nitrogen and oxygen atoms in total. The van der Waals surface area contributed by atoms with Crippen LogP contribution in [-0.2, 0) is 6.54 Å². The number of hydrogen-bond donors (Lipinski definition) is 0. The minimum Gasteiger partial charge on any atom is -0.356 e. The van der Waals surface area contributed by atoms with Gasteiger partial charge in [0.05, 0.1) is 6.33 Å². The third kappa shape index (κ3) is 3.67. The zero-order valence-electron chi connectivity index (χ0n) is 14.8. The van der Waals surface area contributed by atoms with Crippen molar-refractivity contribution in [3.8, 4) is 0 Å². The summed E-state index contributed by atoms with van der Waals surface area (Å²) in [6, 6.07) is 11.1. The van der Waals surface area contributed by atoms with E-state index in [-0.39, 0.29) is 0 Å². The smallest absolute Gasteiger partial charge is 0.280 e. The van der Waals surface area contributed by atoms with E-state index in [1.54, 1.807) is 0 Å². The van der Waals surface area contributed by atoms with Crippen LogP contribution in [-0.4, -0.2) is 27.6 Å². The Bertz CT molecular complexity index is 991. The molecule has 1 fully saturated rings. The van der Waals surface area contributed by atoms with Crippen molar-refractivity contribution in [1.29, 1.82) is 0 Å². The van der Waals surface area contributed by atoms with Crippen LogP contribution in [0.15, 0.2) is 53.7 Å². The van der Waals surface area contributed by atoms with Gasteiger partial charge in [-0.05, 0) is 30.2 Å². The number of aromatic nitrogens is 3. The molecule has 3 aromatic rings. The molecule has 0 saturated carbocycles. The van der Waals surface area contributed by atoms with E-state index in [9.17, 15) is 13.6 Å². The van der Waals surface area contributed by atoms with Gasteiger partial charge in [-0.3, -0.25) is 9.36 Å². The Morgan fingerprint density at radius 3 is 2.63 bits per heavy atom. The fraction of sp³-hybridized carbons (Fsp3) is 0.350. The normalized spacial score (nSPS) is 15.6. The largest absolute Gasteiger partial charge is 0.356 e. The molecular formula is C20H20F2N4O. The molecule has 0 bridgehead atoms. The number of hydrogen-bond acceptors (Lipinski definition) is 4. The van der Waals surface area contributed by atoms with Gasteiger partial charge in [-0.1, -0.05) is 24.3 Å². The zero-order chi connectivity index (χ0) is 18.8. The van der Waals surface area contributed by atoms with Crippen LogP contribution in [0, 0.1) is 5.92 Å². The molecule has 1 saturated heterocycles. The molecule has 7 heteroatoms. The second-order valence-corrected chi connectivity index (χ2v) is 6.89. The van der Waals surface area contributed by atoms with E-state index < -0.39 is 17.7 Å². The second kappa shape index (κ2) is 7.42. The molecule has 27 heavy (non-hydrogen) atoms. The topological polar surface area (TPSA) is 51.0 Å². The van der Waals surface area contributed by atoms with Crippen LogP contribution in [0.25, 0.3) is 10.8 Å². The number of anilines is 1. The molecule has 2 aromatic heterocycles. The molecule has 0 unspecified atom stereocenters. The van der Waals surface area contributed by atoms with Crippen LogP contribution < -0.4 is 10.5 Å². The summed E-state index contributed by atoms with van der Waals surface area (Å²) in [5.74, 6) is 1.31. The van der Waals surface area contributed by atoms with Crippen molar-refractivity contribution in [1.82, 2.24) is 14.5 Å². The summed E-state index contributed by atoms with van der Waals surface area (Å²) in [4.78, 5) is 22.6. The molecule has 1 aliphatic heterocycles. The summed E-state index contributed by atoms with van der Waals surface area (Å²) >= 11 is 0. The predicted molar refractivity (Wildman–Crippen MR) is 100 cm³/mol. The summed E-state index contributed by atoms with van der Waals surface area (Å²) in [6.45, 7) is 2.21. The average Bonchev–Trinajstić information content (AvgIpc) is 2.69. The third-order valence-corrected chi connectivity index (χ3v) is 5.15. The Hall–Kier alpha value is -2.83. The summed E-state index contributed by atoms with van der Waals surface area (Å²) in [7, 11) is 0. The Balaban J connectivity index is 1.44. The fourth-order valence-electron chi connectivity index (χ4n) is 3.66. The number of piperidine rings is 1. The van der Waals surface area contributed by atoms with Crippen molar-refractivity contribution >= 4 is 16.6 Å². The van der Waals surface area contributed by atoms with Crippen LogP contribution in [0.2, 0.25) is 0 Å². The maximum Gasteiger partial charge on any atom is 0.280 e. The second-order valence-electron chi connectivity index (χ2n) is 6.89. The summed E-state index contributed by atoms with van der Waals surface area (Å²) < 4.78 is 26.7. The molecule has 0 aliphatic carbocycles. The predicted octanol–water partition coefficient (Wildman–Crippen LogP) is 3.65. The van der Waals surface area contributed by atoms with Gasteiger partial charge in [-0.15, -0.1) is 0 Å². The highest BCUT2D eigenvalue weighted by atomic mass is 19.3. The SMILES string of the molecule is O=c1cc(C(F)F)ncn1CC1CCN(c2nccc3ccccc23)CC1. The van der Waals surface area contributed by atoms with Gasteiger partial charge in [0.2, 0.25) is 0 Å². The van der Waals surface area contributed by atoms with Gasteiger partial charge in [0.15, 0.2) is 0 Å². The first-order chi connectivity index (χ1) is 13.1. The molecule has 0 N–H and O–H groups in total. The number of pyridine rings is 1. The van der Waals surface area contributed by atoms with Gasteiger partial charge >= 0.3 is 0 Å². The van der Waals surface area contributed by atoms with Crippen LogP contribution in [0.1, 0.15) is 25.0 Å². The van der Waals surface area contributed by atoms with Crippen molar-refractivity contribution in [3.05, 3.63) is 65.0 Å². The van der Waals surface area contributed by atoms with Gasteiger partial charge in [0.25, 0.3) is 12.0 Å². The van der Waals surface area contributed by atoms with Crippen LogP contribution in [0.4, 0.5) is 14.6 Å². The maximum atomic E-state index is 12.6. The van der Waals surface area contributed by atoms with E-state index in [4.69, 9.17) is 0 Å². The number of halogens is 2. The van der Waals surface area contributed by atoms with E-state index >= 15 is 0 Å². The number of fused-ring (bicyclic) bond motifs is 1. The molecule has 4 rings (SSSR count). The van der Waals surface area contributed by atoms with Crippen molar-refractivity contribution < 1.29 is 8.78 Å².